The molecular formula is C20H13IN4O5S. The van der Waals surface area contributed by atoms with Crippen LogP contribution >= 0.6 is 33.9 Å². The van der Waals surface area contributed by atoms with E-state index in [-0.39, 0.29) is 23.8 Å². The smallest absolute Gasteiger partial charge is 0.350 e. The summed E-state index contributed by atoms with van der Waals surface area (Å²) in [5.41, 5.74) is 2.19. The SMILES string of the molecule is CCOC(=O)c1sc2ncc(C#N)c3c2c1NC(=O)N3c1c(CI)ccc2c1OCO2. The van der Waals surface area contributed by atoms with Crippen molar-refractivity contribution in [2.45, 2.75) is 11.4 Å². The number of anilines is 3. The molecule has 0 saturated heterocycles. The predicted molar refractivity (Wildman–Crippen MR) is 122 cm³/mol. The molecule has 3 aromatic rings. The second-order valence-electron chi connectivity index (χ2n) is 6.55. The molecule has 0 fully saturated rings. The normalized spacial score (nSPS) is 13.8. The fraction of sp³-hybridized carbons (Fsp3) is 0.200. The summed E-state index contributed by atoms with van der Waals surface area (Å²) in [7, 11) is 0. The van der Waals surface area contributed by atoms with Gasteiger partial charge in [0.2, 0.25) is 6.79 Å². The van der Waals surface area contributed by atoms with Gasteiger partial charge in [-0.1, -0.05) is 28.7 Å². The highest BCUT2D eigenvalue weighted by Crippen LogP contribution is 2.52. The number of halogens is 1. The summed E-state index contributed by atoms with van der Waals surface area (Å²) < 4.78 is 16.9. The van der Waals surface area contributed by atoms with Crippen molar-refractivity contribution >= 4 is 73.2 Å². The average Bonchev–Trinajstić information content (AvgIpc) is 3.39. The second-order valence-corrected chi connectivity index (χ2v) is 8.31. The molecule has 31 heavy (non-hydrogen) atoms. The number of carbonyl (C=O) groups is 2. The Morgan fingerprint density at radius 3 is 3.00 bits per heavy atom. The standard InChI is InChI=1S/C20H13IN4O5S/c1-2-28-19(26)17-13-12-14(10(6-22)7-23-18(12)31-17)25(20(27)24-13)15-9(5-21)3-4-11-16(15)30-8-29-11/h3-4,7H,2,5,8H2,1H3,(H,24,27). The number of fused-ring (bicyclic) bond motifs is 1. The van der Waals surface area contributed by atoms with Crippen molar-refractivity contribution in [1.82, 2.24) is 4.98 Å². The minimum Gasteiger partial charge on any atom is -0.462 e. The number of nitrogens with zero attached hydrogens (tertiary/aromatic N) is 3. The van der Waals surface area contributed by atoms with Gasteiger partial charge in [-0.25, -0.2) is 14.6 Å². The van der Waals surface area contributed by atoms with E-state index in [0.29, 0.717) is 43.2 Å². The van der Waals surface area contributed by atoms with Crippen LogP contribution in [-0.2, 0) is 9.16 Å². The minimum absolute atomic E-state index is 0.0378. The number of thiophene rings is 1. The number of ether oxygens (including phenoxy) is 3. The third kappa shape index (κ3) is 2.89. The molecule has 2 aliphatic heterocycles. The second kappa shape index (κ2) is 7.54. The first-order chi connectivity index (χ1) is 15.1. The fourth-order valence-electron chi connectivity index (χ4n) is 3.65. The van der Waals surface area contributed by atoms with E-state index in [1.165, 1.54) is 11.1 Å². The molecule has 1 N–H and O–H groups in total. The van der Waals surface area contributed by atoms with Crippen molar-refractivity contribution in [3.63, 3.8) is 0 Å². The Kier molecular flexibility index (Phi) is 4.82. The molecule has 1 aromatic carbocycles. The minimum atomic E-state index is -0.552. The zero-order valence-electron chi connectivity index (χ0n) is 16.0. The molecule has 0 unspecified atom stereocenters. The number of hydrogen-bond acceptors (Lipinski definition) is 8. The van der Waals surface area contributed by atoms with Crippen molar-refractivity contribution in [2.24, 2.45) is 0 Å². The number of nitriles is 1. The Bertz CT molecular complexity index is 1320. The Labute approximate surface area is 193 Å². The first-order valence-electron chi connectivity index (χ1n) is 9.20. The summed E-state index contributed by atoms with van der Waals surface area (Å²) in [4.78, 5) is 32.4. The zero-order chi connectivity index (χ0) is 21.7. The lowest BCUT2D eigenvalue weighted by atomic mass is 10.0. The van der Waals surface area contributed by atoms with Crippen LogP contribution in [0.5, 0.6) is 11.5 Å². The predicted octanol–water partition coefficient (Wildman–Crippen LogP) is 4.69. The maximum absolute atomic E-state index is 13.4. The Balaban J connectivity index is 1.83. The monoisotopic (exact) mass is 548 g/mol. The van der Waals surface area contributed by atoms with Gasteiger partial charge >= 0.3 is 12.0 Å². The Hall–Kier alpha value is -3.11. The molecule has 0 spiro atoms. The van der Waals surface area contributed by atoms with Crippen molar-refractivity contribution < 1.29 is 23.8 Å². The van der Waals surface area contributed by atoms with Crippen molar-refractivity contribution in [1.29, 1.82) is 5.26 Å². The molecule has 5 rings (SSSR count). The van der Waals surface area contributed by atoms with E-state index < -0.39 is 12.0 Å². The van der Waals surface area contributed by atoms with E-state index in [0.717, 1.165) is 16.9 Å². The number of pyridine rings is 1. The highest BCUT2D eigenvalue weighted by atomic mass is 127. The van der Waals surface area contributed by atoms with Crippen LogP contribution in [-0.4, -0.2) is 30.4 Å². The highest BCUT2D eigenvalue weighted by Gasteiger charge is 2.38. The summed E-state index contributed by atoms with van der Waals surface area (Å²) >= 11 is 3.31. The van der Waals surface area contributed by atoms with Crippen LogP contribution in [0, 0.1) is 11.3 Å². The molecule has 156 valence electrons. The van der Waals surface area contributed by atoms with Crippen LogP contribution in [0.2, 0.25) is 0 Å². The van der Waals surface area contributed by atoms with Crippen LogP contribution in [0.15, 0.2) is 18.3 Å². The summed E-state index contributed by atoms with van der Waals surface area (Å²) in [6.45, 7) is 1.94. The van der Waals surface area contributed by atoms with Gasteiger partial charge in [0.25, 0.3) is 0 Å². The Morgan fingerprint density at radius 1 is 1.42 bits per heavy atom. The third-order valence-corrected chi connectivity index (χ3v) is 6.80. The molecule has 0 radical (unpaired) electrons. The number of amides is 2. The van der Waals surface area contributed by atoms with Gasteiger partial charge in [-0.2, -0.15) is 5.26 Å². The molecule has 11 heteroatoms. The summed E-state index contributed by atoms with van der Waals surface area (Å²) in [6, 6.07) is 5.26. The average molecular weight is 548 g/mol. The molecule has 9 nitrogen and oxygen atoms in total. The Morgan fingerprint density at radius 2 is 2.26 bits per heavy atom. The fourth-order valence-corrected chi connectivity index (χ4v) is 5.26. The van der Waals surface area contributed by atoms with E-state index in [1.54, 1.807) is 13.0 Å². The maximum atomic E-state index is 13.4. The number of urea groups is 1. The topological polar surface area (TPSA) is 114 Å². The summed E-state index contributed by atoms with van der Waals surface area (Å²) in [6.07, 6.45) is 1.41. The first-order valence-corrected chi connectivity index (χ1v) is 11.5. The quantitative estimate of drug-likeness (QED) is 0.286. The zero-order valence-corrected chi connectivity index (χ0v) is 19.0. The lowest BCUT2D eigenvalue weighted by molar-refractivity contribution is 0.0533. The van der Waals surface area contributed by atoms with E-state index in [2.05, 4.69) is 39.0 Å². The number of aromatic nitrogens is 1. The van der Waals surface area contributed by atoms with Crippen LogP contribution in [0.3, 0.4) is 0 Å². The molecule has 2 aromatic heterocycles. The van der Waals surface area contributed by atoms with Crippen LogP contribution in [0.1, 0.15) is 27.7 Å². The van der Waals surface area contributed by atoms with Gasteiger partial charge in [-0.3, -0.25) is 4.90 Å². The number of alkyl halides is 1. The van der Waals surface area contributed by atoms with E-state index >= 15 is 0 Å². The van der Waals surface area contributed by atoms with E-state index in [1.807, 2.05) is 6.07 Å². The summed E-state index contributed by atoms with van der Waals surface area (Å²) in [5.74, 6) is 0.398. The summed E-state index contributed by atoms with van der Waals surface area (Å²) in [5, 5.41) is 13.1. The van der Waals surface area contributed by atoms with Crippen molar-refractivity contribution in [3.8, 4) is 17.6 Å². The van der Waals surface area contributed by atoms with Gasteiger partial charge in [0, 0.05) is 10.6 Å². The van der Waals surface area contributed by atoms with Gasteiger partial charge in [0.15, 0.2) is 11.5 Å². The number of nitrogens with one attached hydrogen (secondary N) is 1. The number of rotatable bonds is 4. The van der Waals surface area contributed by atoms with Crippen LogP contribution in [0.25, 0.3) is 10.2 Å². The van der Waals surface area contributed by atoms with Gasteiger partial charge in [0.05, 0.1) is 28.9 Å². The van der Waals surface area contributed by atoms with Gasteiger partial charge < -0.3 is 19.5 Å². The molecule has 4 heterocycles. The highest BCUT2D eigenvalue weighted by molar-refractivity contribution is 14.1. The first kappa shape index (κ1) is 19.8. The number of hydrogen-bond donors (Lipinski definition) is 1. The molecule has 0 bridgehead atoms. The number of benzene rings is 1. The van der Waals surface area contributed by atoms with Crippen LogP contribution in [0.4, 0.5) is 21.9 Å². The van der Waals surface area contributed by atoms with Gasteiger partial charge in [-0.15, -0.1) is 11.3 Å². The van der Waals surface area contributed by atoms with E-state index in [4.69, 9.17) is 14.2 Å². The van der Waals surface area contributed by atoms with Crippen molar-refractivity contribution in [3.05, 3.63) is 34.3 Å². The third-order valence-electron chi connectivity index (χ3n) is 4.90. The largest absolute Gasteiger partial charge is 0.462 e. The molecule has 0 saturated carbocycles. The molecule has 2 amide bonds. The molecule has 0 atom stereocenters. The maximum Gasteiger partial charge on any atom is 0.350 e. The molecule has 2 aliphatic rings. The molecule has 0 aliphatic carbocycles. The molecular weight excluding hydrogens is 535 g/mol. The van der Waals surface area contributed by atoms with Gasteiger partial charge in [0.1, 0.15) is 21.5 Å². The van der Waals surface area contributed by atoms with Crippen LogP contribution < -0.4 is 19.7 Å². The number of carbonyl (C=O) groups excluding carboxylic acids is 2. The van der Waals surface area contributed by atoms with Gasteiger partial charge in [-0.05, 0) is 18.6 Å². The van der Waals surface area contributed by atoms with Crippen molar-refractivity contribution in [2.75, 3.05) is 23.6 Å². The number of esters is 1. The van der Waals surface area contributed by atoms with E-state index in [9.17, 15) is 14.9 Å². The lowest BCUT2D eigenvalue weighted by Gasteiger charge is -2.31. The lowest BCUT2D eigenvalue weighted by Crippen LogP contribution is -2.35.